The third-order valence-electron chi connectivity index (χ3n) is 18.7. The molecule has 1 aliphatic heterocycles. The van der Waals surface area contributed by atoms with E-state index in [1.54, 1.807) is 13.0 Å². The van der Waals surface area contributed by atoms with E-state index in [0.717, 1.165) is 44.9 Å². The highest BCUT2D eigenvalue weighted by atomic mass is 32.2. The molecule has 1 aromatic carbocycles. The highest BCUT2D eigenvalue weighted by Crippen LogP contribution is 2.76. The summed E-state index contributed by atoms with van der Waals surface area (Å²) in [5.41, 5.74) is 0.00236. The lowest BCUT2D eigenvalue weighted by Crippen LogP contribution is -2.65. The number of ether oxygens (including phenoxy) is 5. The summed E-state index contributed by atoms with van der Waals surface area (Å²) in [5.74, 6) is -1.30. The first-order valence-electron chi connectivity index (χ1n) is 25.3. The third kappa shape index (κ3) is 9.08. The molecule has 8 rings (SSSR count). The molecule has 0 amide bonds. The molecule has 0 bridgehead atoms. The van der Waals surface area contributed by atoms with Crippen molar-refractivity contribution in [1.29, 1.82) is 0 Å². The van der Waals surface area contributed by atoms with Gasteiger partial charge in [-0.1, -0.05) is 78.3 Å². The maximum Gasteiger partial charge on any atom is 0.414 e. The molecular weight excluding hydrogens is 925 g/mol. The van der Waals surface area contributed by atoms with Gasteiger partial charge in [-0.3, -0.25) is 19.0 Å². The van der Waals surface area contributed by atoms with Crippen molar-refractivity contribution >= 4 is 27.7 Å². The first-order chi connectivity index (χ1) is 32.8. The van der Waals surface area contributed by atoms with Gasteiger partial charge in [0.15, 0.2) is 0 Å². The van der Waals surface area contributed by atoms with Crippen LogP contribution < -0.4 is 9.64 Å². The molecule has 70 heavy (non-hydrogen) atoms. The van der Waals surface area contributed by atoms with Crippen LogP contribution in [-0.4, -0.2) is 96.8 Å². The molecule has 18 heteroatoms. The van der Waals surface area contributed by atoms with Crippen LogP contribution in [0.2, 0.25) is 0 Å². The van der Waals surface area contributed by atoms with Crippen molar-refractivity contribution in [2.45, 2.75) is 192 Å². The molecule has 3 N–H and O–H groups in total. The number of esters is 3. The zero-order valence-electron chi connectivity index (χ0n) is 42.0. The van der Waals surface area contributed by atoms with Crippen molar-refractivity contribution < 1.29 is 71.3 Å². The van der Waals surface area contributed by atoms with E-state index in [9.17, 15) is 43.3 Å². The number of allylic oxidation sites excluding steroid dienone is 2. The lowest BCUT2D eigenvalue weighted by molar-refractivity contribution is -0.832. The fourth-order valence-electron chi connectivity index (χ4n) is 14.5. The van der Waals surface area contributed by atoms with Gasteiger partial charge >= 0.3 is 28.8 Å². The minimum absolute atomic E-state index is 0.0152. The second-order valence-electron chi connectivity index (χ2n) is 23.5. The van der Waals surface area contributed by atoms with Gasteiger partial charge in [0, 0.05) is 18.3 Å². The van der Waals surface area contributed by atoms with Crippen LogP contribution in [0.1, 0.15) is 145 Å². The van der Waals surface area contributed by atoms with Crippen molar-refractivity contribution in [2.75, 3.05) is 13.2 Å². The van der Waals surface area contributed by atoms with Gasteiger partial charge in [-0.15, -0.1) is 0 Å². The summed E-state index contributed by atoms with van der Waals surface area (Å²) in [6.07, 6.45) is 5.00. The van der Waals surface area contributed by atoms with E-state index in [0.29, 0.717) is 25.2 Å². The summed E-state index contributed by atoms with van der Waals surface area (Å²) in [4.78, 5) is 40.6. The van der Waals surface area contributed by atoms with Crippen molar-refractivity contribution in [2.24, 2.45) is 50.2 Å². The maximum absolute atomic E-state index is 14.6. The highest BCUT2D eigenvalue weighted by Gasteiger charge is 2.70. The number of fused-ring (bicyclic) bond motifs is 7. The SMILES string of the molecule is CC(CCOc1no[n+]([O-])c1S(=O)(=O)c1ccccc1)OC(=O)CCC(=O)O[C@H]1CC[C@]2(C)[C@H]3CC=C4[C@@H]5CC(C)(C)CC[C@]5(C(=O)O[C@H]5C[C@@H](O)[C@H](O)[C@@H](CO)O5)CC[C@@]4(C)[C@]3(C)CC[C@H]2C1(C)C. The van der Waals surface area contributed by atoms with Crippen LogP contribution in [0.3, 0.4) is 0 Å². The molecule has 1 unspecified atom stereocenters. The number of nitrogens with zero attached hydrogens (tertiary/aromatic N) is 2. The summed E-state index contributed by atoms with van der Waals surface area (Å²) in [6, 6.07) is 7.33. The van der Waals surface area contributed by atoms with Gasteiger partial charge in [-0.25, -0.2) is 8.42 Å². The Hall–Kier alpha value is -4.10. The van der Waals surface area contributed by atoms with E-state index in [4.69, 9.17) is 23.7 Å². The Morgan fingerprint density at radius 3 is 2.33 bits per heavy atom. The Morgan fingerprint density at radius 2 is 1.61 bits per heavy atom. The Bertz CT molecular complexity index is 2420. The van der Waals surface area contributed by atoms with E-state index in [1.165, 1.54) is 29.8 Å². The second-order valence-corrected chi connectivity index (χ2v) is 25.4. The molecule has 2 aromatic rings. The van der Waals surface area contributed by atoms with E-state index in [-0.39, 0.29) is 93.1 Å². The third-order valence-corrected chi connectivity index (χ3v) is 20.4. The minimum atomic E-state index is -4.29. The van der Waals surface area contributed by atoms with Gasteiger partial charge in [0.2, 0.25) is 6.29 Å². The van der Waals surface area contributed by atoms with Crippen LogP contribution in [0.25, 0.3) is 0 Å². The Kier molecular flexibility index (Phi) is 14.2. The summed E-state index contributed by atoms with van der Waals surface area (Å²) < 4.78 is 59.8. The number of hydrogen-bond donors (Lipinski definition) is 3. The van der Waals surface area contributed by atoms with Crippen LogP contribution in [0.4, 0.5) is 0 Å². The number of aliphatic hydroxyl groups is 3. The van der Waals surface area contributed by atoms with Crippen LogP contribution in [0, 0.1) is 55.5 Å². The second kappa shape index (κ2) is 19.1. The smallest absolute Gasteiger partial charge is 0.414 e. The van der Waals surface area contributed by atoms with E-state index < -0.39 is 75.4 Å². The molecule has 17 nitrogen and oxygen atoms in total. The summed E-state index contributed by atoms with van der Waals surface area (Å²) in [5, 5.41) is 45.6. The van der Waals surface area contributed by atoms with Gasteiger partial charge in [0.1, 0.15) is 24.4 Å². The molecule has 5 fully saturated rings. The fourth-order valence-corrected chi connectivity index (χ4v) is 15.8. The lowest BCUT2D eigenvalue weighted by Gasteiger charge is -2.71. The molecule has 1 saturated heterocycles. The lowest BCUT2D eigenvalue weighted by atomic mass is 9.33. The molecule has 0 radical (unpaired) electrons. The number of carbonyl (C=O) groups is 3. The van der Waals surface area contributed by atoms with Gasteiger partial charge < -0.3 is 44.2 Å². The Balaban J connectivity index is 0.876. The summed E-state index contributed by atoms with van der Waals surface area (Å²) in [7, 11) is -4.29. The number of aliphatic hydroxyl groups excluding tert-OH is 3. The predicted molar refractivity (Wildman–Crippen MR) is 250 cm³/mol. The van der Waals surface area contributed by atoms with Gasteiger partial charge in [0.25, 0.3) is 9.84 Å². The molecule has 13 atom stereocenters. The molecule has 2 heterocycles. The number of carbonyl (C=O) groups excluding carboxylic acids is 3. The Morgan fingerprint density at radius 1 is 0.914 bits per heavy atom. The monoisotopic (exact) mass is 998 g/mol. The molecule has 4 saturated carbocycles. The number of sulfone groups is 1. The Labute approximate surface area is 411 Å². The zero-order chi connectivity index (χ0) is 50.8. The van der Waals surface area contributed by atoms with Crippen molar-refractivity contribution in [1.82, 2.24) is 5.16 Å². The fraction of sp³-hybridized carbons (Fsp3) is 0.750. The van der Waals surface area contributed by atoms with E-state index >= 15 is 0 Å². The molecule has 6 aliphatic rings. The predicted octanol–water partition coefficient (Wildman–Crippen LogP) is 6.71. The number of benzene rings is 1. The molecular formula is C52H74N2O15S. The standard InChI is InChI=1S/C52H74N2O15S/c1-31(20-27-64-44-45(54(61)69-53-44)70(62,63)32-12-10-9-11-13-32)65-40(57)16-17-41(58)67-39-19-21-49(6)37(48(39,4)5)18-22-51(8)38(49)15-14-33-34-29-47(2,3)23-25-52(34,26-24-50(33,51)7)46(60)68-42-28-35(56)43(59)36(30-55)66-42/h9-14,31,34-39,42-43,55-56,59H,15-30H2,1-8H3/t31?,34-,35+,36+,37-,38+,39-,42-,43-,49-,50+,51+,52-/m0/s1. The normalized spacial score (nSPS) is 36.9. The van der Waals surface area contributed by atoms with Crippen LogP contribution >= 0.6 is 0 Å². The topological polar surface area (TPSA) is 245 Å². The first-order valence-corrected chi connectivity index (χ1v) is 26.8. The van der Waals surface area contributed by atoms with Gasteiger partial charge in [0.05, 0.1) is 47.6 Å². The first kappa shape index (κ1) is 52.2. The van der Waals surface area contributed by atoms with E-state index in [2.05, 4.69) is 64.3 Å². The molecule has 1 aromatic heterocycles. The number of hydrogen-bond acceptors (Lipinski definition) is 16. The molecule has 388 valence electrons. The van der Waals surface area contributed by atoms with Crippen molar-refractivity contribution in [3.63, 3.8) is 0 Å². The van der Waals surface area contributed by atoms with Gasteiger partial charge in [-0.2, -0.15) is 0 Å². The number of rotatable bonds is 14. The quantitative estimate of drug-likeness (QED) is 0.0771. The average molecular weight is 999 g/mol. The molecule has 0 spiro atoms. The van der Waals surface area contributed by atoms with Gasteiger partial charge in [-0.05, 0) is 128 Å². The van der Waals surface area contributed by atoms with Crippen LogP contribution in [0.5, 0.6) is 5.88 Å². The largest absolute Gasteiger partial charge is 0.463 e. The van der Waals surface area contributed by atoms with Crippen molar-refractivity contribution in [3.8, 4) is 5.88 Å². The highest BCUT2D eigenvalue weighted by molar-refractivity contribution is 7.91. The zero-order valence-corrected chi connectivity index (χ0v) is 42.8. The van der Waals surface area contributed by atoms with Crippen LogP contribution in [-0.2, 0) is 43.2 Å². The van der Waals surface area contributed by atoms with E-state index in [1.807, 2.05) is 0 Å². The summed E-state index contributed by atoms with van der Waals surface area (Å²) in [6.45, 7) is 17.4. The maximum atomic E-state index is 14.6. The van der Waals surface area contributed by atoms with Crippen molar-refractivity contribution in [3.05, 3.63) is 47.2 Å². The average Bonchev–Trinajstić information content (AvgIpc) is 3.68. The summed E-state index contributed by atoms with van der Waals surface area (Å²) >= 11 is 0. The molecule has 5 aliphatic carbocycles. The minimum Gasteiger partial charge on any atom is -0.463 e. The van der Waals surface area contributed by atoms with Crippen LogP contribution in [0.15, 0.2) is 56.5 Å². The number of aromatic nitrogens is 2.